The Labute approximate surface area is 102 Å². The fraction of sp³-hybridized carbons (Fsp3) is 0.222. The summed E-state index contributed by atoms with van der Waals surface area (Å²) < 4.78 is 24.2. The Hall–Kier alpha value is -1.08. The summed E-state index contributed by atoms with van der Waals surface area (Å²) in [5.41, 5.74) is 0.265. The molecular weight excluding hydrogens is 298 g/mol. The van der Waals surface area contributed by atoms with Gasteiger partial charge in [0, 0.05) is 11.4 Å². The molecule has 0 saturated carbocycles. The van der Waals surface area contributed by atoms with Gasteiger partial charge in [0.2, 0.25) is 0 Å². The number of sulfonamides is 1. The topological polar surface area (TPSA) is 63.7 Å². The number of carbonyl (C=O) groups excluding carboxylic acids is 1. The van der Waals surface area contributed by atoms with E-state index in [2.05, 4.69) is 20.8 Å². The van der Waals surface area contributed by atoms with Gasteiger partial charge in [-0.3, -0.25) is 0 Å². The van der Waals surface area contributed by atoms with Gasteiger partial charge in [0.1, 0.15) is 0 Å². The van der Waals surface area contributed by atoms with Crippen LogP contribution >= 0.6 is 15.9 Å². The van der Waals surface area contributed by atoms with Crippen LogP contribution in [0.4, 0.5) is 5.69 Å². The molecule has 0 N–H and O–H groups in total. The van der Waals surface area contributed by atoms with Crippen LogP contribution in [0.5, 0.6) is 0 Å². The Bertz CT molecular complexity index is 483. The number of carbonyl (C=O) groups is 1. The van der Waals surface area contributed by atoms with Crippen LogP contribution in [0.1, 0.15) is 6.92 Å². The maximum absolute atomic E-state index is 11.4. The Balaban J connectivity index is 3.11. The lowest BCUT2D eigenvalue weighted by molar-refractivity contribution is -0.140. The molecule has 16 heavy (non-hydrogen) atoms. The molecule has 1 aromatic carbocycles. The number of rotatable bonds is 3. The summed E-state index contributed by atoms with van der Waals surface area (Å²) in [5, 5.41) is 0. The van der Waals surface area contributed by atoms with Gasteiger partial charge in [0.15, 0.2) is 0 Å². The minimum atomic E-state index is -3.65. The van der Waals surface area contributed by atoms with Crippen LogP contribution in [-0.2, 0) is 19.7 Å². The van der Waals surface area contributed by atoms with Gasteiger partial charge in [-0.2, -0.15) is 0 Å². The van der Waals surface area contributed by atoms with E-state index < -0.39 is 16.0 Å². The van der Waals surface area contributed by atoms with E-state index in [1.807, 2.05) is 0 Å². The van der Waals surface area contributed by atoms with Gasteiger partial charge in [-0.1, -0.05) is 20.4 Å². The van der Waals surface area contributed by atoms with E-state index in [0.29, 0.717) is 4.47 Å². The Kier molecular flexibility index (Phi) is 3.93. The number of hydrogen-bond acceptors (Lipinski definition) is 4. The highest BCUT2D eigenvalue weighted by molar-refractivity contribution is 9.10. The van der Waals surface area contributed by atoms with E-state index in [9.17, 15) is 13.2 Å². The molecule has 0 aliphatic carbocycles. The van der Waals surface area contributed by atoms with Crippen LogP contribution in [-0.4, -0.2) is 20.6 Å². The van der Waals surface area contributed by atoms with Gasteiger partial charge >= 0.3 is 5.97 Å². The zero-order chi connectivity index (χ0) is 12.3. The van der Waals surface area contributed by atoms with Gasteiger partial charge in [0.25, 0.3) is 10.0 Å². The van der Waals surface area contributed by atoms with Crippen molar-refractivity contribution in [1.82, 2.24) is 0 Å². The number of halogens is 1. The summed E-state index contributed by atoms with van der Waals surface area (Å²) in [4.78, 5) is 15.4. The van der Waals surface area contributed by atoms with Crippen LogP contribution in [0.3, 0.4) is 0 Å². The average molecular weight is 308 g/mol. The molecule has 0 spiro atoms. The quantitative estimate of drug-likeness (QED) is 0.797. The van der Waals surface area contributed by atoms with Gasteiger partial charge in [0.05, 0.1) is 11.9 Å². The zero-order valence-electron chi connectivity index (χ0n) is 8.68. The van der Waals surface area contributed by atoms with E-state index >= 15 is 0 Å². The van der Waals surface area contributed by atoms with Crippen molar-refractivity contribution in [2.45, 2.75) is 6.92 Å². The largest absolute Gasteiger partial charge is 0.330 e. The summed E-state index contributed by atoms with van der Waals surface area (Å²) in [7, 11) is -3.65. The first kappa shape index (κ1) is 13.0. The van der Waals surface area contributed by atoms with Crippen molar-refractivity contribution in [3.05, 3.63) is 28.7 Å². The molecule has 0 radical (unpaired) electrons. The standard InChI is InChI=1S/C9H10BrNO4S/c1-7(12)15-11(16(2,13)14)9-5-3-8(10)4-6-9/h3-6H,1-2H3. The van der Waals surface area contributed by atoms with E-state index in [-0.39, 0.29) is 5.69 Å². The predicted molar refractivity (Wildman–Crippen MR) is 63.2 cm³/mol. The molecule has 0 fully saturated rings. The Morgan fingerprint density at radius 1 is 1.31 bits per heavy atom. The average Bonchev–Trinajstić information content (AvgIpc) is 2.14. The molecule has 0 aromatic heterocycles. The first-order valence-corrected chi connectivity index (χ1v) is 6.89. The molecule has 0 unspecified atom stereocenters. The SMILES string of the molecule is CC(=O)ON(c1ccc(Br)cc1)S(C)(=O)=O. The molecular formula is C9H10BrNO4S. The summed E-state index contributed by atoms with van der Waals surface area (Å²) >= 11 is 3.22. The highest BCUT2D eigenvalue weighted by Crippen LogP contribution is 2.20. The normalized spacial score (nSPS) is 10.9. The minimum Gasteiger partial charge on any atom is -0.326 e. The van der Waals surface area contributed by atoms with Crippen molar-refractivity contribution in [2.75, 3.05) is 10.7 Å². The van der Waals surface area contributed by atoms with E-state index in [1.54, 1.807) is 12.1 Å². The number of anilines is 1. The molecule has 88 valence electrons. The number of nitrogens with zero attached hydrogens (tertiary/aromatic N) is 1. The van der Waals surface area contributed by atoms with E-state index in [1.165, 1.54) is 12.1 Å². The molecule has 1 rings (SSSR count). The van der Waals surface area contributed by atoms with Gasteiger partial charge in [-0.05, 0) is 24.3 Å². The Morgan fingerprint density at radius 3 is 2.19 bits per heavy atom. The molecule has 0 aliphatic heterocycles. The van der Waals surface area contributed by atoms with Crippen molar-refractivity contribution in [1.29, 1.82) is 0 Å². The third kappa shape index (κ3) is 3.49. The lowest BCUT2D eigenvalue weighted by Crippen LogP contribution is -2.31. The number of benzene rings is 1. The van der Waals surface area contributed by atoms with Gasteiger partial charge in [-0.25, -0.2) is 13.2 Å². The van der Waals surface area contributed by atoms with Crippen molar-refractivity contribution >= 4 is 37.6 Å². The number of hydrogen-bond donors (Lipinski definition) is 0. The molecule has 0 saturated heterocycles. The lowest BCUT2D eigenvalue weighted by atomic mass is 10.3. The second-order valence-electron chi connectivity index (χ2n) is 3.05. The summed E-state index contributed by atoms with van der Waals surface area (Å²) in [6.07, 6.45) is 0.956. The van der Waals surface area contributed by atoms with E-state index in [0.717, 1.165) is 17.7 Å². The van der Waals surface area contributed by atoms with Crippen molar-refractivity contribution < 1.29 is 18.0 Å². The highest BCUT2D eigenvalue weighted by Gasteiger charge is 2.20. The van der Waals surface area contributed by atoms with E-state index in [4.69, 9.17) is 0 Å². The monoisotopic (exact) mass is 307 g/mol. The maximum Gasteiger partial charge on any atom is 0.330 e. The molecule has 5 nitrogen and oxygen atoms in total. The minimum absolute atomic E-state index is 0.265. The van der Waals surface area contributed by atoms with Crippen molar-refractivity contribution in [3.8, 4) is 0 Å². The molecule has 0 atom stereocenters. The summed E-state index contributed by atoms with van der Waals surface area (Å²) in [6, 6.07) is 6.34. The fourth-order valence-electron chi connectivity index (χ4n) is 0.991. The van der Waals surface area contributed by atoms with Crippen molar-refractivity contribution in [2.24, 2.45) is 0 Å². The van der Waals surface area contributed by atoms with Crippen LogP contribution in [0.2, 0.25) is 0 Å². The van der Waals surface area contributed by atoms with Crippen LogP contribution in [0, 0.1) is 0 Å². The van der Waals surface area contributed by atoms with Crippen LogP contribution in [0.25, 0.3) is 0 Å². The molecule has 0 heterocycles. The van der Waals surface area contributed by atoms with Gasteiger partial charge < -0.3 is 4.84 Å². The highest BCUT2D eigenvalue weighted by atomic mass is 79.9. The van der Waals surface area contributed by atoms with Crippen molar-refractivity contribution in [3.63, 3.8) is 0 Å². The van der Waals surface area contributed by atoms with Crippen LogP contribution in [0.15, 0.2) is 28.7 Å². The zero-order valence-corrected chi connectivity index (χ0v) is 11.1. The second kappa shape index (κ2) is 4.84. The molecule has 1 aromatic rings. The predicted octanol–water partition coefficient (Wildman–Crippen LogP) is 1.69. The third-order valence-corrected chi connectivity index (χ3v) is 2.97. The smallest absolute Gasteiger partial charge is 0.326 e. The first-order chi connectivity index (χ1) is 7.30. The molecule has 7 heteroatoms. The first-order valence-electron chi connectivity index (χ1n) is 4.25. The third-order valence-electron chi connectivity index (χ3n) is 1.55. The maximum atomic E-state index is 11.4. The summed E-state index contributed by atoms with van der Waals surface area (Å²) in [5.74, 6) is -0.701. The summed E-state index contributed by atoms with van der Waals surface area (Å²) in [6.45, 7) is 1.14. The fourth-order valence-corrected chi connectivity index (χ4v) is 2.00. The molecule has 0 bridgehead atoms. The molecule has 0 aliphatic rings. The molecule has 0 amide bonds. The Morgan fingerprint density at radius 2 is 1.81 bits per heavy atom. The van der Waals surface area contributed by atoms with Crippen LogP contribution < -0.4 is 4.47 Å². The second-order valence-corrected chi connectivity index (χ2v) is 5.76. The lowest BCUT2D eigenvalue weighted by Gasteiger charge is -2.19. The van der Waals surface area contributed by atoms with Gasteiger partial charge in [-0.15, -0.1) is 0 Å².